The number of thiophene rings is 1. The first-order valence-electron chi connectivity index (χ1n) is 11.6. The van der Waals surface area contributed by atoms with Crippen LogP contribution >= 0.6 is 11.3 Å². The highest BCUT2D eigenvalue weighted by Crippen LogP contribution is 2.71. The van der Waals surface area contributed by atoms with E-state index in [0.29, 0.717) is 23.1 Å². The van der Waals surface area contributed by atoms with Crippen molar-refractivity contribution in [3.8, 4) is 17.4 Å². The molecule has 0 unspecified atom stereocenters. The van der Waals surface area contributed by atoms with Crippen LogP contribution in [-0.4, -0.2) is 14.8 Å². The Balaban J connectivity index is 1.57. The molecule has 4 bridgehead atoms. The van der Waals surface area contributed by atoms with Crippen molar-refractivity contribution in [2.24, 2.45) is 23.7 Å². The van der Waals surface area contributed by atoms with Crippen molar-refractivity contribution in [1.82, 2.24) is 4.57 Å². The van der Waals surface area contributed by atoms with Crippen LogP contribution in [-0.2, 0) is 5.41 Å². The van der Waals surface area contributed by atoms with Crippen molar-refractivity contribution in [2.45, 2.75) is 44.4 Å². The fourth-order valence-corrected chi connectivity index (χ4v) is 9.48. The first kappa shape index (κ1) is 19.0. The van der Waals surface area contributed by atoms with E-state index in [1.807, 2.05) is 11.3 Å². The van der Waals surface area contributed by atoms with Gasteiger partial charge in [-0.1, -0.05) is 12.6 Å². The number of aromatic hydroxyl groups is 2. The summed E-state index contributed by atoms with van der Waals surface area (Å²) in [5, 5.41) is 23.2. The Hall–Kier alpha value is -2.53. The van der Waals surface area contributed by atoms with Crippen LogP contribution in [0.4, 0.5) is 4.39 Å². The zero-order valence-electron chi connectivity index (χ0n) is 18.1. The molecule has 164 valence electrons. The molecule has 4 fully saturated rings. The number of nitrogens with zero attached hydrogens (tertiary/aromatic N) is 1. The molecule has 3 nitrogen and oxygen atoms in total. The molecule has 0 saturated heterocycles. The van der Waals surface area contributed by atoms with E-state index in [1.165, 1.54) is 58.6 Å². The van der Waals surface area contributed by atoms with E-state index >= 15 is 0 Å². The molecule has 8 rings (SSSR count). The first-order chi connectivity index (χ1) is 15.4. The van der Waals surface area contributed by atoms with Gasteiger partial charge < -0.3 is 10.2 Å². The van der Waals surface area contributed by atoms with E-state index in [2.05, 4.69) is 19.6 Å². The molecule has 5 aliphatic carbocycles. The lowest BCUT2D eigenvalue weighted by Gasteiger charge is -2.62. The lowest BCUT2D eigenvalue weighted by Crippen LogP contribution is -2.56. The van der Waals surface area contributed by atoms with Gasteiger partial charge in [-0.15, -0.1) is 11.3 Å². The van der Waals surface area contributed by atoms with E-state index in [4.69, 9.17) is 0 Å². The van der Waals surface area contributed by atoms with Crippen LogP contribution in [0, 0.1) is 36.4 Å². The molecular formula is C27H26FNO2S. The van der Waals surface area contributed by atoms with Gasteiger partial charge >= 0.3 is 0 Å². The molecule has 32 heavy (non-hydrogen) atoms. The van der Waals surface area contributed by atoms with Crippen molar-refractivity contribution in [3.63, 3.8) is 0 Å². The van der Waals surface area contributed by atoms with Crippen LogP contribution in [0.15, 0.2) is 36.9 Å². The molecule has 5 heteroatoms. The SMILES string of the molecule is C=C1c2cc(C)sc2C2(c3c1c(O)n(-c1cccc(F)c1)c3O)C1CC3CC(C1)CC2C3. The van der Waals surface area contributed by atoms with Gasteiger partial charge in [-0.3, -0.25) is 4.57 Å². The Morgan fingerprint density at radius 2 is 1.72 bits per heavy atom. The van der Waals surface area contributed by atoms with Gasteiger partial charge in [-0.25, -0.2) is 4.39 Å². The van der Waals surface area contributed by atoms with Crippen molar-refractivity contribution >= 4 is 16.9 Å². The molecule has 0 aliphatic heterocycles. The lowest BCUT2D eigenvalue weighted by atomic mass is 9.42. The number of fused-ring (bicyclic) bond motifs is 2. The summed E-state index contributed by atoms with van der Waals surface area (Å²) in [5.74, 6) is 2.09. The van der Waals surface area contributed by atoms with Gasteiger partial charge in [-0.2, -0.15) is 0 Å². The molecule has 1 aromatic carbocycles. The third-order valence-corrected chi connectivity index (χ3v) is 10.1. The lowest BCUT2D eigenvalue weighted by molar-refractivity contribution is -0.0417. The summed E-state index contributed by atoms with van der Waals surface area (Å²) in [6.45, 7) is 6.52. The van der Waals surface area contributed by atoms with E-state index in [0.717, 1.165) is 28.5 Å². The summed E-state index contributed by atoms with van der Waals surface area (Å²) in [7, 11) is 0. The first-order valence-corrected chi connectivity index (χ1v) is 12.4. The van der Waals surface area contributed by atoms with Gasteiger partial charge in [0.1, 0.15) is 5.82 Å². The van der Waals surface area contributed by atoms with Crippen molar-refractivity contribution < 1.29 is 14.6 Å². The maximum atomic E-state index is 14.1. The average molecular weight is 448 g/mol. The molecule has 2 aromatic heterocycles. The van der Waals surface area contributed by atoms with Gasteiger partial charge in [0.05, 0.1) is 11.3 Å². The van der Waals surface area contributed by atoms with Crippen molar-refractivity contribution in [3.05, 3.63) is 69.2 Å². The number of halogens is 1. The number of hydrogen-bond donors (Lipinski definition) is 2. The van der Waals surface area contributed by atoms with Gasteiger partial charge in [0.2, 0.25) is 11.8 Å². The van der Waals surface area contributed by atoms with Crippen LogP contribution in [0.1, 0.15) is 58.5 Å². The van der Waals surface area contributed by atoms with Crippen LogP contribution in [0.3, 0.4) is 0 Å². The summed E-state index contributed by atoms with van der Waals surface area (Å²) in [5.41, 5.74) is 3.52. The van der Waals surface area contributed by atoms with E-state index in [9.17, 15) is 14.6 Å². The van der Waals surface area contributed by atoms with Gasteiger partial charge in [0, 0.05) is 20.7 Å². The Labute approximate surface area is 190 Å². The molecule has 0 atom stereocenters. The number of rotatable bonds is 1. The fraction of sp³-hybridized carbons (Fsp3) is 0.407. The largest absolute Gasteiger partial charge is 0.494 e. The topological polar surface area (TPSA) is 45.4 Å². The second-order valence-corrected chi connectivity index (χ2v) is 11.7. The van der Waals surface area contributed by atoms with Crippen LogP contribution < -0.4 is 0 Å². The van der Waals surface area contributed by atoms with Gasteiger partial charge in [0.15, 0.2) is 0 Å². The minimum atomic E-state index is -0.397. The smallest absolute Gasteiger partial charge is 0.207 e. The quantitative estimate of drug-likeness (QED) is 0.446. The van der Waals surface area contributed by atoms with Gasteiger partial charge in [0.25, 0.3) is 0 Å². The molecule has 3 aromatic rings. The Bertz CT molecular complexity index is 1290. The molecular weight excluding hydrogens is 421 g/mol. The highest BCUT2D eigenvalue weighted by Gasteiger charge is 2.63. The zero-order valence-corrected chi connectivity index (χ0v) is 18.9. The second kappa shape index (κ2) is 6.07. The monoisotopic (exact) mass is 447 g/mol. The summed E-state index contributed by atoms with van der Waals surface area (Å²) >= 11 is 1.83. The maximum absolute atomic E-state index is 14.1. The second-order valence-electron chi connectivity index (χ2n) is 10.5. The standard InChI is InChI=1S/C27H26FNO2S/c1-13-6-21-14(2)22-23(26(31)29(25(22)30)20-5-3-4-19(28)12-20)27(24(21)32-13)17-8-15-7-16(10-17)11-18(27)9-15/h3-6,12,15-18,30-31H,2,7-11H2,1H3. The third-order valence-electron chi connectivity index (χ3n) is 8.88. The molecule has 4 saturated carbocycles. The normalized spacial score (nSPS) is 31.9. The molecule has 5 aliphatic rings. The Morgan fingerprint density at radius 1 is 1.03 bits per heavy atom. The van der Waals surface area contributed by atoms with E-state index in [-0.39, 0.29) is 17.2 Å². The van der Waals surface area contributed by atoms with Gasteiger partial charge in [-0.05, 0) is 98.1 Å². The van der Waals surface area contributed by atoms with E-state index < -0.39 is 5.82 Å². The number of hydrogen-bond acceptors (Lipinski definition) is 3. The van der Waals surface area contributed by atoms with Crippen LogP contribution in [0.25, 0.3) is 11.3 Å². The predicted molar refractivity (Wildman–Crippen MR) is 124 cm³/mol. The maximum Gasteiger partial charge on any atom is 0.207 e. The Morgan fingerprint density at radius 3 is 2.38 bits per heavy atom. The predicted octanol–water partition coefficient (Wildman–Crippen LogP) is 6.51. The average Bonchev–Trinajstić information content (AvgIpc) is 3.26. The molecule has 2 N–H and O–H groups in total. The third kappa shape index (κ3) is 2.11. The molecule has 0 radical (unpaired) electrons. The minimum absolute atomic E-state index is 0.0317. The number of aromatic nitrogens is 1. The Kier molecular flexibility index (Phi) is 3.60. The highest BCUT2D eigenvalue weighted by atomic mass is 32.1. The fourth-order valence-electron chi connectivity index (χ4n) is 8.09. The summed E-state index contributed by atoms with van der Waals surface area (Å²) in [6.07, 6.45) is 6.07. The summed E-state index contributed by atoms with van der Waals surface area (Å²) in [6, 6.07) is 8.27. The number of benzene rings is 1. The minimum Gasteiger partial charge on any atom is -0.494 e. The van der Waals surface area contributed by atoms with Crippen molar-refractivity contribution in [2.75, 3.05) is 0 Å². The highest BCUT2D eigenvalue weighted by molar-refractivity contribution is 7.12. The summed E-state index contributed by atoms with van der Waals surface area (Å²) in [4.78, 5) is 2.57. The molecule has 0 amide bonds. The van der Waals surface area contributed by atoms with Crippen molar-refractivity contribution in [1.29, 1.82) is 0 Å². The molecule has 1 spiro atoms. The summed E-state index contributed by atoms with van der Waals surface area (Å²) < 4.78 is 15.5. The number of aryl methyl sites for hydroxylation is 1. The van der Waals surface area contributed by atoms with E-state index in [1.54, 1.807) is 12.1 Å². The van der Waals surface area contributed by atoms with Crippen LogP contribution in [0.5, 0.6) is 11.8 Å². The van der Waals surface area contributed by atoms with Crippen LogP contribution in [0.2, 0.25) is 0 Å². The zero-order chi connectivity index (χ0) is 21.9. The molecule has 2 heterocycles.